The first-order valence-electron chi connectivity index (χ1n) is 17.4. The van der Waals surface area contributed by atoms with E-state index in [0.29, 0.717) is 12.0 Å². The Labute approximate surface area is 334 Å². The van der Waals surface area contributed by atoms with Crippen LogP contribution in [-0.2, 0) is 55.9 Å². The number of rotatable bonds is 18. The van der Waals surface area contributed by atoms with Gasteiger partial charge in [-0.05, 0) is 79.1 Å². The number of phosphoric acid groups is 2. The first-order chi connectivity index (χ1) is 27.4. The molecule has 0 saturated heterocycles. The van der Waals surface area contributed by atoms with Gasteiger partial charge in [0.25, 0.3) is 5.56 Å². The lowest BCUT2D eigenvalue weighted by Gasteiger charge is -2.22. The molecular weight excluding hydrogens is 829 g/mol. The highest BCUT2D eigenvalue weighted by Crippen LogP contribution is 2.64. The number of aromatic amines is 1. The summed E-state index contributed by atoms with van der Waals surface area (Å²) >= 11 is 0. The molecule has 1 aromatic heterocycles. The van der Waals surface area contributed by atoms with Crippen LogP contribution in [0.25, 0.3) is 0 Å². The summed E-state index contributed by atoms with van der Waals surface area (Å²) in [4.78, 5) is 61.2. The number of H-pyrrole nitrogens is 1. The minimum absolute atomic E-state index is 0. The zero-order chi connectivity index (χ0) is 42.1. The van der Waals surface area contributed by atoms with Gasteiger partial charge in [-0.15, -0.1) is 0 Å². The summed E-state index contributed by atoms with van der Waals surface area (Å²) in [5.74, 6) is -1.10. The number of esters is 2. The number of nitrogens with one attached hydrogen (secondary N) is 1. The van der Waals surface area contributed by atoms with Gasteiger partial charge in [0.1, 0.15) is 17.6 Å². The van der Waals surface area contributed by atoms with Crippen LogP contribution in [0.2, 0.25) is 0 Å². The standard InChI is InChI=1S/C37H37F3N2O14P2.H3N/c1-3-4-5-33(43)54-29-14-6-25(7-15-29)21-51-58(49,56-57(47,48)50-23-31-18-19-32(53-31)42-20-24(2)34(44)41-36(42)46)52-22-26-8-16-30(17-9-26)55-35(45)27-10-12-28(13-11-27)37(38,39)40;/h6-20,31-32H,3-5,21-23H2,1-2H3,(H,47,48)(H,41,44,46);1H3/t31-,32+,58?;/m0./s1. The summed E-state index contributed by atoms with van der Waals surface area (Å²) in [5, 5.41) is 0. The molecule has 0 radical (unpaired) electrons. The average Bonchev–Trinajstić information content (AvgIpc) is 3.66. The number of carbonyl (C=O) groups excluding carboxylic acids is 2. The fourth-order valence-electron chi connectivity index (χ4n) is 5.00. The lowest BCUT2D eigenvalue weighted by atomic mass is 10.1. The van der Waals surface area contributed by atoms with Crippen molar-refractivity contribution >= 4 is 27.6 Å². The number of benzene rings is 3. The molecule has 17 nitrogen and oxygen atoms in total. The smallest absolute Gasteiger partial charge is 0.427 e. The van der Waals surface area contributed by atoms with Gasteiger partial charge in [-0.1, -0.05) is 43.7 Å². The van der Waals surface area contributed by atoms with E-state index in [1.807, 2.05) is 6.92 Å². The van der Waals surface area contributed by atoms with Crippen LogP contribution in [0.15, 0.2) is 101 Å². The number of hydrogen-bond donors (Lipinski definition) is 3. The Morgan fingerprint density at radius 2 is 1.44 bits per heavy atom. The molecule has 0 saturated carbocycles. The number of phosphoric ester groups is 2. The second-order valence-corrected chi connectivity index (χ2v) is 15.9. The van der Waals surface area contributed by atoms with Crippen LogP contribution < -0.4 is 26.9 Å². The van der Waals surface area contributed by atoms with E-state index < -0.39 is 82.7 Å². The summed E-state index contributed by atoms with van der Waals surface area (Å²) in [6, 6.07) is 14.7. The number of alkyl halides is 3. The van der Waals surface area contributed by atoms with Crippen molar-refractivity contribution in [3.63, 3.8) is 0 Å². The SMILES string of the molecule is CCCCC(=O)Oc1ccc(COP(=O)(OCc2ccc(OC(=O)c3ccc(C(F)(F)F)cc3)cc2)OP(=O)(O)OC[C@@H]2C=C[C@H](n3cc(C)c(=O)[nH]c3=O)O2)cc1.N. The summed E-state index contributed by atoms with van der Waals surface area (Å²) in [5.41, 5.74) is -1.51. The Kier molecular flexibility index (Phi) is 16.1. The van der Waals surface area contributed by atoms with Crippen molar-refractivity contribution < 1.29 is 68.9 Å². The van der Waals surface area contributed by atoms with Gasteiger partial charge in [0.2, 0.25) is 0 Å². The molecule has 2 unspecified atom stereocenters. The summed E-state index contributed by atoms with van der Waals surface area (Å²) in [6.45, 7) is 1.77. The van der Waals surface area contributed by atoms with Crippen molar-refractivity contribution in [1.29, 1.82) is 0 Å². The van der Waals surface area contributed by atoms with Gasteiger partial charge in [-0.2, -0.15) is 17.5 Å². The summed E-state index contributed by atoms with van der Waals surface area (Å²) in [6.07, 6.45) is -0.699. The quantitative estimate of drug-likeness (QED) is 0.0380. The number of aryl methyl sites for hydroxylation is 1. The molecule has 3 aromatic carbocycles. The van der Waals surface area contributed by atoms with Crippen LogP contribution in [0.3, 0.4) is 0 Å². The molecule has 4 atom stereocenters. The third-order valence-corrected chi connectivity index (χ3v) is 11.1. The molecule has 4 aromatic rings. The molecule has 59 heavy (non-hydrogen) atoms. The van der Waals surface area contributed by atoms with E-state index in [1.54, 1.807) is 0 Å². The summed E-state index contributed by atoms with van der Waals surface area (Å²) in [7, 11) is -10.2. The molecule has 0 bridgehead atoms. The molecule has 1 aliphatic rings. The first-order valence-corrected chi connectivity index (χ1v) is 20.4. The van der Waals surface area contributed by atoms with E-state index in [1.165, 1.54) is 73.8 Å². The zero-order valence-electron chi connectivity index (χ0n) is 31.5. The third kappa shape index (κ3) is 13.8. The van der Waals surface area contributed by atoms with Gasteiger partial charge in [0, 0.05) is 18.2 Å². The van der Waals surface area contributed by atoms with Gasteiger partial charge >= 0.3 is 39.5 Å². The first kappa shape index (κ1) is 46.7. The van der Waals surface area contributed by atoms with E-state index in [0.717, 1.165) is 35.3 Å². The predicted molar refractivity (Wildman–Crippen MR) is 203 cm³/mol. The number of nitrogens with zero attached hydrogens (tertiary/aromatic N) is 1. The maximum absolute atomic E-state index is 13.9. The molecule has 318 valence electrons. The van der Waals surface area contributed by atoms with Crippen molar-refractivity contribution in [2.75, 3.05) is 6.61 Å². The van der Waals surface area contributed by atoms with Crippen LogP contribution >= 0.6 is 15.6 Å². The second kappa shape index (κ2) is 20.3. The van der Waals surface area contributed by atoms with Crippen molar-refractivity contribution in [1.82, 2.24) is 15.7 Å². The average molecular weight is 870 g/mol. The largest absolute Gasteiger partial charge is 0.484 e. The molecule has 0 fully saturated rings. The minimum Gasteiger partial charge on any atom is -0.427 e. The molecule has 2 heterocycles. The normalized spacial score (nSPS) is 17.1. The zero-order valence-corrected chi connectivity index (χ0v) is 33.3. The van der Waals surface area contributed by atoms with Gasteiger partial charge in [0.15, 0.2) is 6.23 Å². The Hall–Kier alpha value is -5.01. The Balaban J connectivity index is 0.00000769. The number of aromatic nitrogens is 2. The Morgan fingerprint density at radius 3 is 2.00 bits per heavy atom. The molecule has 0 amide bonds. The molecule has 1 aliphatic heterocycles. The molecule has 0 spiro atoms. The van der Waals surface area contributed by atoms with Crippen molar-refractivity contribution in [2.45, 2.75) is 64.8 Å². The van der Waals surface area contributed by atoms with Crippen LogP contribution in [0.5, 0.6) is 11.5 Å². The lowest BCUT2D eigenvalue weighted by molar-refractivity contribution is -0.137. The fourth-order valence-corrected chi connectivity index (χ4v) is 7.60. The van der Waals surface area contributed by atoms with Crippen LogP contribution in [-0.4, -0.2) is 39.1 Å². The van der Waals surface area contributed by atoms with E-state index >= 15 is 0 Å². The van der Waals surface area contributed by atoms with Gasteiger partial charge in [-0.3, -0.25) is 32.7 Å². The number of carbonyl (C=O) groups is 2. The van der Waals surface area contributed by atoms with Gasteiger partial charge in [0.05, 0.1) is 30.9 Å². The minimum atomic E-state index is -5.24. The molecule has 5 rings (SSSR count). The van der Waals surface area contributed by atoms with Crippen LogP contribution in [0.4, 0.5) is 13.2 Å². The van der Waals surface area contributed by atoms with E-state index in [9.17, 15) is 46.4 Å². The number of halogens is 3. The number of hydrogen-bond acceptors (Lipinski definition) is 14. The monoisotopic (exact) mass is 869 g/mol. The van der Waals surface area contributed by atoms with Crippen molar-refractivity contribution in [2.24, 2.45) is 0 Å². The maximum atomic E-state index is 13.9. The Morgan fingerprint density at radius 1 is 0.864 bits per heavy atom. The van der Waals surface area contributed by atoms with Crippen molar-refractivity contribution in [3.8, 4) is 11.5 Å². The highest BCUT2D eigenvalue weighted by atomic mass is 31.3. The fraction of sp³-hybridized carbons (Fsp3) is 0.297. The van der Waals surface area contributed by atoms with E-state index in [2.05, 4.69) is 4.98 Å². The Bertz CT molecular complexity index is 2320. The van der Waals surface area contributed by atoms with E-state index in [4.69, 9.17) is 32.1 Å². The van der Waals surface area contributed by atoms with Gasteiger partial charge in [-0.25, -0.2) is 18.7 Å². The second-order valence-electron chi connectivity index (χ2n) is 12.6. The van der Waals surface area contributed by atoms with E-state index in [-0.39, 0.29) is 40.8 Å². The van der Waals surface area contributed by atoms with Crippen molar-refractivity contribution in [3.05, 3.63) is 140 Å². The third-order valence-electron chi connectivity index (χ3n) is 8.08. The summed E-state index contributed by atoms with van der Waals surface area (Å²) < 4.78 is 104. The molecule has 22 heteroatoms. The lowest BCUT2D eigenvalue weighted by Crippen LogP contribution is -2.33. The number of unbranched alkanes of at least 4 members (excludes halogenated alkanes) is 1. The topological polar surface area (TPSA) is 243 Å². The molecule has 0 aliphatic carbocycles. The highest BCUT2D eigenvalue weighted by molar-refractivity contribution is 7.61. The number of ether oxygens (including phenoxy) is 3. The predicted octanol–water partition coefficient (Wildman–Crippen LogP) is 7.47. The van der Waals surface area contributed by atoms with Crippen LogP contribution in [0, 0.1) is 6.92 Å². The maximum Gasteiger partial charge on any atom is 0.484 e. The molecular formula is C37H40F3N3O14P2. The highest BCUT2D eigenvalue weighted by Gasteiger charge is 2.39. The molecule has 5 N–H and O–H groups in total. The van der Waals surface area contributed by atoms with Crippen LogP contribution in [0.1, 0.15) is 65.0 Å². The van der Waals surface area contributed by atoms with Gasteiger partial charge < -0.3 is 25.3 Å².